The minimum Gasteiger partial charge on any atom is -0.493 e. The highest BCUT2D eigenvalue weighted by Gasteiger charge is 2.22. The van der Waals surface area contributed by atoms with E-state index in [-0.39, 0.29) is 17.9 Å². The fourth-order valence-electron chi connectivity index (χ4n) is 2.53. The summed E-state index contributed by atoms with van der Waals surface area (Å²) >= 11 is 0. The average Bonchev–Trinajstić information content (AvgIpc) is 2.66. The molecule has 2 amide bonds. The molecule has 0 fully saturated rings. The minimum atomic E-state index is -0.720. The summed E-state index contributed by atoms with van der Waals surface area (Å²) in [6.07, 6.45) is -0.257. The fourth-order valence-corrected chi connectivity index (χ4v) is 2.53. The van der Waals surface area contributed by atoms with E-state index in [2.05, 4.69) is 10.6 Å². The van der Waals surface area contributed by atoms with Crippen LogP contribution in [0.2, 0.25) is 0 Å². The first-order chi connectivity index (χ1) is 13.0. The fraction of sp³-hybridized carbons (Fsp3) is 0.333. The number of carbonyl (C=O) groups is 2. The summed E-state index contributed by atoms with van der Waals surface area (Å²) in [6.45, 7) is 5.62. The van der Waals surface area contributed by atoms with Crippen LogP contribution < -0.4 is 20.1 Å². The Labute approximate surface area is 159 Å². The van der Waals surface area contributed by atoms with E-state index in [1.165, 1.54) is 0 Å². The number of anilines is 1. The van der Waals surface area contributed by atoms with Crippen molar-refractivity contribution in [2.24, 2.45) is 0 Å². The maximum absolute atomic E-state index is 12.7. The Morgan fingerprint density at radius 1 is 1.00 bits per heavy atom. The summed E-state index contributed by atoms with van der Waals surface area (Å²) in [5, 5.41) is 5.64. The summed E-state index contributed by atoms with van der Waals surface area (Å²) in [6, 6.07) is 14.1. The van der Waals surface area contributed by atoms with Crippen LogP contribution in [0, 0.1) is 0 Å². The monoisotopic (exact) mass is 370 g/mol. The number of benzene rings is 2. The highest BCUT2D eigenvalue weighted by Crippen LogP contribution is 2.27. The van der Waals surface area contributed by atoms with E-state index in [1.54, 1.807) is 43.5 Å². The van der Waals surface area contributed by atoms with Crippen molar-refractivity contribution in [3.05, 3.63) is 54.1 Å². The van der Waals surface area contributed by atoms with Crippen molar-refractivity contribution < 1.29 is 19.1 Å². The van der Waals surface area contributed by atoms with E-state index < -0.39 is 6.10 Å². The number of para-hydroxylation sites is 3. The third-order valence-corrected chi connectivity index (χ3v) is 3.85. The standard InChI is InChI=1S/C21H26N2O4/c1-5-17(27-19-13-9-8-12-18(19)26-4)21(25)23-16-11-7-6-10-15(16)20(24)22-14(2)3/h6-14,17H,5H2,1-4H3,(H,22,24)(H,23,25)/t17-/m0/s1. The molecule has 2 rings (SSSR count). The Hall–Kier alpha value is -3.02. The van der Waals surface area contributed by atoms with Gasteiger partial charge in [-0.25, -0.2) is 0 Å². The van der Waals surface area contributed by atoms with Gasteiger partial charge >= 0.3 is 0 Å². The van der Waals surface area contributed by atoms with Crippen LogP contribution in [-0.4, -0.2) is 31.1 Å². The lowest BCUT2D eigenvalue weighted by molar-refractivity contribution is -0.122. The van der Waals surface area contributed by atoms with Crippen molar-refractivity contribution in [2.45, 2.75) is 39.3 Å². The molecule has 27 heavy (non-hydrogen) atoms. The van der Waals surface area contributed by atoms with Gasteiger partial charge in [-0.15, -0.1) is 0 Å². The number of carbonyl (C=O) groups excluding carboxylic acids is 2. The molecule has 0 aliphatic carbocycles. The van der Waals surface area contributed by atoms with Gasteiger partial charge in [-0.05, 0) is 44.5 Å². The Balaban J connectivity index is 2.16. The number of hydrogen-bond donors (Lipinski definition) is 2. The van der Waals surface area contributed by atoms with Crippen molar-refractivity contribution >= 4 is 17.5 Å². The summed E-state index contributed by atoms with van der Waals surface area (Å²) < 4.78 is 11.1. The molecule has 144 valence electrons. The van der Waals surface area contributed by atoms with Crippen molar-refractivity contribution in [1.29, 1.82) is 0 Å². The molecule has 0 saturated carbocycles. The topological polar surface area (TPSA) is 76.7 Å². The van der Waals surface area contributed by atoms with Crippen LogP contribution in [0.25, 0.3) is 0 Å². The Bertz CT molecular complexity index is 789. The summed E-state index contributed by atoms with van der Waals surface area (Å²) in [5.41, 5.74) is 0.856. The lowest BCUT2D eigenvalue weighted by Gasteiger charge is -2.20. The molecule has 0 unspecified atom stereocenters. The molecular formula is C21H26N2O4. The molecule has 2 N–H and O–H groups in total. The molecule has 0 bridgehead atoms. The normalized spacial score (nSPS) is 11.6. The van der Waals surface area contributed by atoms with Gasteiger partial charge in [0.05, 0.1) is 18.4 Å². The highest BCUT2D eigenvalue weighted by molar-refractivity contribution is 6.04. The lowest BCUT2D eigenvalue weighted by atomic mass is 10.1. The zero-order valence-electron chi connectivity index (χ0n) is 16.1. The van der Waals surface area contributed by atoms with E-state index in [9.17, 15) is 9.59 Å². The van der Waals surface area contributed by atoms with E-state index in [4.69, 9.17) is 9.47 Å². The predicted octanol–water partition coefficient (Wildman–Crippen LogP) is 3.63. The number of amides is 2. The molecule has 0 aliphatic rings. The summed E-state index contributed by atoms with van der Waals surface area (Å²) in [7, 11) is 1.55. The molecule has 2 aromatic rings. The average molecular weight is 370 g/mol. The number of hydrogen-bond acceptors (Lipinski definition) is 4. The van der Waals surface area contributed by atoms with Crippen molar-refractivity contribution in [2.75, 3.05) is 12.4 Å². The largest absolute Gasteiger partial charge is 0.493 e. The van der Waals surface area contributed by atoms with Crippen molar-refractivity contribution in [3.63, 3.8) is 0 Å². The first-order valence-electron chi connectivity index (χ1n) is 8.96. The van der Waals surface area contributed by atoms with Gasteiger partial charge in [-0.1, -0.05) is 31.2 Å². The number of rotatable bonds is 8. The Morgan fingerprint density at radius 3 is 2.26 bits per heavy atom. The third kappa shape index (κ3) is 5.48. The van der Waals surface area contributed by atoms with Gasteiger partial charge in [-0.2, -0.15) is 0 Å². The molecule has 1 atom stereocenters. The van der Waals surface area contributed by atoms with Gasteiger partial charge in [-0.3, -0.25) is 9.59 Å². The highest BCUT2D eigenvalue weighted by atomic mass is 16.5. The Morgan fingerprint density at radius 2 is 1.63 bits per heavy atom. The molecule has 0 saturated heterocycles. The number of ether oxygens (including phenoxy) is 2. The quantitative estimate of drug-likeness (QED) is 0.744. The molecule has 2 aromatic carbocycles. The smallest absolute Gasteiger partial charge is 0.265 e. The van der Waals surface area contributed by atoms with Gasteiger partial charge < -0.3 is 20.1 Å². The molecule has 0 aromatic heterocycles. The predicted molar refractivity (Wildman–Crippen MR) is 105 cm³/mol. The molecule has 0 aliphatic heterocycles. The maximum Gasteiger partial charge on any atom is 0.265 e. The van der Waals surface area contributed by atoms with Crippen molar-refractivity contribution in [3.8, 4) is 11.5 Å². The molecule has 0 heterocycles. The molecule has 6 heteroatoms. The molecule has 6 nitrogen and oxygen atoms in total. The first kappa shape index (κ1) is 20.3. The number of methoxy groups -OCH3 is 1. The molecular weight excluding hydrogens is 344 g/mol. The van der Waals surface area contributed by atoms with Gasteiger partial charge in [0.15, 0.2) is 17.6 Å². The first-order valence-corrected chi connectivity index (χ1v) is 8.96. The van der Waals surface area contributed by atoms with Crippen LogP contribution in [-0.2, 0) is 4.79 Å². The van der Waals surface area contributed by atoms with Crippen LogP contribution in [0.15, 0.2) is 48.5 Å². The van der Waals surface area contributed by atoms with Gasteiger partial charge in [0, 0.05) is 6.04 Å². The summed E-state index contributed by atoms with van der Waals surface area (Å²) in [4.78, 5) is 25.1. The van der Waals surface area contributed by atoms with Crippen molar-refractivity contribution in [1.82, 2.24) is 5.32 Å². The van der Waals surface area contributed by atoms with E-state index >= 15 is 0 Å². The maximum atomic E-state index is 12.7. The Kier molecular flexibility index (Phi) is 7.23. The molecule has 0 radical (unpaired) electrons. The van der Waals surface area contributed by atoms with E-state index in [0.717, 1.165) is 0 Å². The molecule has 0 spiro atoms. The minimum absolute atomic E-state index is 0.00136. The second-order valence-electron chi connectivity index (χ2n) is 6.33. The second-order valence-corrected chi connectivity index (χ2v) is 6.33. The van der Waals surface area contributed by atoms with Gasteiger partial charge in [0.2, 0.25) is 0 Å². The zero-order chi connectivity index (χ0) is 19.8. The second kappa shape index (κ2) is 9.62. The van der Waals surface area contributed by atoms with Gasteiger partial charge in [0.1, 0.15) is 0 Å². The van der Waals surface area contributed by atoms with E-state index in [1.807, 2.05) is 32.9 Å². The number of nitrogens with one attached hydrogen (secondary N) is 2. The van der Waals surface area contributed by atoms with Crippen LogP contribution in [0.4, 0.5) is 5.69 Å². The summed E-state index contributed by atoms with van der Waals surface area (Å²) in [5.74, 6) is 0.487. The van der Waals surface area contributed by atoms with Crippen LogP contribution >= 0.6 is 0 Å². The van der Waals surface area contributed by atoms with Crippen LogP contribution in [0.1, 0.15) is 37.6 Å². The van der Waals surface area contributed by atoms with E-state index in [0.29, 0.717) is 29.2 Å². The lowest BCUT2D eigenvalue weighted by Crippen LogP contribution is -2.34. The SMILES string of the molecule is CC[C@H](Oc1ccccc1OC)C(=O)Nc1ccccc1C(=O)NC(C)C. The van der Waals surface area contributed by atoms with Crippen LogP contribution in [0.5, 0.6) is 11.5 Å². The van der Waals surface area contributed by atoms with Crippen LogP contribution in [0.3, 0.4) is 0 Å². The third-order valence-electron chi connectivity index (χ3n) is 3.85. The van der Waals surface area contributed by atoms with Gasteiger partial charge in [0.25, 0.3) is 11.8 Å². The zero-order valence-corrected chi connectivity index (χ0v) is 16.1.